The van der Waals surface area contributed by atoms with Gasteiger partial charge in [-0.15, -0.1) is 0 Å². The van der Waals surface area contributed by atoms with E-state index in [0.29, 0.717) is 23.1 Å². The highest BCUT2D eigenvalue weighted by atomic mass is 35.5. The Balaban J connectivity index is 1.51. The molecule has 3 rings (SSSR count). The molecule has 2 saturated heterocycles. The van der Waals surface area contributed by atoms with Gasteiger partial charge in [-0.25, -0.2) is 0 Å². The van der Waals surface area contributed by atoms with Crippen LogP contribution in [0.3, 0.4) is 0 Å². The molecule has 0 saturated carbocycles. The number of hydrogen-bond acceptors (Lipinski definition) is 4. The summed E-state index contributed by atoms with van der Waals surface area (Å²) in [6.45, 7) is 5.24. The molecule has 126 valence electrons. The lowest BCUT2D eigenvalue weighted by Gasteiger charge is -2.37. The van der Waals surface area contributed by atoms with Gasteiger partial charge in [-0.05, 0) is 18.2 Å². The maximum Gasteiger partial charge on any atom is 0.224 e. The quantitative estimate of drug-likeness (QED) is 0.898. The van der Waals surface area contributed by atoms with E-state index in [1.807, 2.05) is 23.1 Å². The maximum absolute atomic E-state index is 12.4. The van der Waals surface area contributed by atoms with E-state index in [2.05, 4.69) is 10.2 Å². The minimum Gasteiger partial charge on any atom is -0.378 e. The van der Waals surface area contributed by atoms with Crippen molar-refractivity contribution in [2.24, 2.45) is 0 Å². The summed E-state index contributed by atoms with van der Waals surface area (Å²) < 4.78 is 5.40. The number of piperazine rings is 1. The lowest BCUT2D eigenvalue weighted by Crippen LogP contribution is -2.51. The van der Waals surface area contributed by atoms with E-state index >= 15 is 0 Å². The van der Waals surface area contributed by atoms with Gasteiger partial charge >= 0.3 is 0 Å². The van der Waals surface area contributed by atoms with Crippen LogP contribution in [0.5, 0.6) is 0 Å². The average Bonchev–Trinajstić information content (AvgIpc) is 2.58. The van der Waals surface area contributed by atoms with Crippen LogP contribution in [-0.2, 0) is 9.53 Å². The first-order chi connectivity index (χ1) is 11.1. The minimum atomic E-state index is 0.143. The number of carbonyl (C=O) groups excluding carboxylic acids is 1. The van der Waals surface area contributed by atoms with Gasteiger partial charge in [-0.1, -0.05) is 23.2 Å². The number of carbonyl (C=O) groups is 1. The Labute approximate surface area is 146 Å². The van der Waals surface area contributed by atoms with Crippen LogP contribution in [0.4, 0.5) is 5.69 Å². The highest BCUT2D eigenvalue weighted by molar-refractivity contribution is 6.42. The van der Waals surface area contributed by atoms with Crippen molar-refractivity contribution in [3.8, 4) is 0 Å². The van der Waals surface area contributed by atoms with Gasteiger partial charge in [0.05, 0.1) is 23.3 Å². The van der Waals surface area contributed by atoms with Gasteiger partial charge in [-0.3, -0.25) is 4.79 Å². The summed E-state index contributed by atoms with van der Waals surface area (Å²) in [6.07, 6.45) is 0.507. The van der Waals surface area contributed by atoms with Crippen LogP contribution in [-0.4, -0.2) is 62.8 Å². The number of hydrogen-bond donors (Lipinski definition) is 1. The fourth-order valence-electron chi connectivity index (χ4n) is 2.99. The summed E-state index contributed by atoms with van der Waals surface area (Å²) in [5.74, 6) is 0.196. The summed E-state index contributed by atoms with van der Waals surface area (Å²) in [6, 6.07) is 5.80. The molecule has 23 heavy (non-hydrogen) atoms. The molecule has 1 N–H and O–H groups in total. The number of nitrogens with zero attached hydrogens (tertiary/aromatic N) is 2. The summed E-state index contributed by atoms with van der Waals surface area (Å²) in [5.41, 5.74) is 1.05. The third-order valence-corrected chi connectivity index (χ3v) is 5.06. The third-order valence-electron chi connectivity index (χ3n) is 4.32. The lowest BCUT2D eigenvalue weighted by molar-refractivity contribution is -0.132. The smallest absolute Gasteiger partial charge is 0.224 e. The maximum atomic E-state index is 12.4. The van der Waals surface area contributed by atoms with Gasteiger partial charge < -0.3 is 19.9 Å². The third kappa shape index (κ3) is 4.29. The molecule has 1 aromatic carbocycles. The largest absolute Gasteiger partial charge is 0.378 e. The Kier molecular flexibility index (Phi) is 5.64. The zero-order chi connectivity index (χ0) is 16.2. The number of benzene rings is 1. The van der Waals surface area contributed by atoms with Crippen LogP contribution in [0.15, 0.2) is 18.2 Å². The van der Waals surface area contributed by atoms with Crippen molar-refractivity contribution in [1.82, 2.24) is 10.2 Å². The van der Waals surface area contributed by atoms with E-state index in [1.165, 1.54) is 0 Å². The van der Waals surface area contributed by atoms with E-state index < -0.39 is 0 Å². The standard InChI is InChI=1S/C16H21Cl2N3O2/c17-14-2-1-13(10-15(14)18)20-4-6-21(7-5-20)16(22)9-12-11-23-8-3-19-12/h1-2,10,12,19H,3-9,11H2. The number of morpholine rings is 1. The highest BCUT2D eigenvalue weighted by Gasteiger charge is 2.24. The molecule has 1 unspecified atom stereocenters. The normalized spacial score (nSPS) is 22.3. The molecule has 2 fully saturated rings. The van der Waals surface area contributed by atoms with Crippen molar-refractivity contribution < 1.29 is 9.53 Å². The number of halogens is 2. The van der Waals surface area contributed by atoms with Crippen molar-refractivity contribution in [3.05, 3.63) is 28.2 Å². The Morgan fingerprint density at radius 2 is 2.00 bits per heavy atom. The Morgan fingerprint density at radius 3 is 2.65 bits per heavy atom. The molecule has 7 heteroatoms. The summed E-state index contributed by atoms with van der Waals surface area (Å²) in [4.78, 5) is 16.5. The van der Waals surface area contributed by atoms with Crippen molar-refractivity contribution in [2.75, 3.05) is 50.8 Å². The van der Waals surface area contributed by atoms with Crippen LogP contribution in [0.1, 0.15) is 6.42 Å². The number of ether oxygens (including phenoxy) is 1. The van der Waals surface area contributed by atoms with E-state index in [4.69, 9.17) is 27.9 Å². The van der Waals surface area contributed by atoms with Crippen molar-refractivity contribution in [1.29, 1.82) is 0 Å². The van der Waals surface area contributed by atoms with Crippen LogP contribution < -0.4 is 10.2 Å². The Bertz CT molecular complexity index is 556. The van der Waals surface area contributed by atoms with Crippen LogP contribution in [0, 0.1) is 0 Å². The first kappa shape index (κ1) is 16.8. The Hall–Kier alpha value is -1.01. The predicted octanol–water partition coefficient (Wildman–Crippen LogP) is 2.02. The first-order valence-corrected chi connectivity index (χ1v) is 8.68. The molecular weight excluding hydrogens is 337 g/mol. The summed E-state index contributed by atoms with van der Waals surface area (Å²) >= 11 is 12.0. The minimum absolute atomic E-state index is 0.143. The van der Waals surface area contributed by atoms with Crippen molar-refractivity contribution in [2.45, 2.75) is 12.5 Å². The SMILES string of the molecule is O=C(CC1COCCN1)N1CCN(c2ccc(Cl)c(Cl)c2)CC1. The monoisotopic (exact) mass is 357 g/mol. The van der Waals surface area contributed by atoms with Gasteiger partial charge in [0.15, 0.2) is 0 Å². The number of anilines is 1. The molecule has 1 atom stereocenters. The van der Waals surface area contributed by atoms with E-state index in [-0.39, 0.29) is 11.9 Å². The van der Waals surface area contributed by atoms with Crippen molar-refractivity contribution >= 4 is 34.8 Å². The van der Waals surface area contributed by atoms with Crippen LogP contribution in [0.25, 0.3) is 0 Å². The van der Waals surface area contributed by atoms with E-state index in [0.717, 1.165) is 45.0 Å². The summed E-state index contributed by atoms with van der Waals surface area (Å²) in [7, 11) is 0. The molecule has 0 spiro atoms. The van der Waals surface area contributed by atoms with E-state index in [9.17, 15) is 4.79 Å². The van der Waals surface area contributed by atoms with Crippen molar-refractivity contribution in [3.63, 3.8) is 0 Å². The molecule has 1 amide bonds. The van der Waals surface area contributed by atoms with Gasteiger partial charge in [0.1, 0.15) is 0 Å². The molecular formula is C16H21Cl2N3O2. The van der Waals surface area contributed by atoms with Gasteiger partial charge in [0.25, 0.3) is 0 Å². The number of nitrogens with one attached hydrogen (secondary N) is 1. The second-order valence-corrected chi connectivity index (χ2v) is 6.71. The highest BCUT2D eigenvalue weighted by Crippen LogP contribution is 2.27. The van der Waals surface area contributed by atoms with Gasteiger partial charge in [-0.2, -0.15) is 0 Å². The number of amides is 1. The fourth-order valence-corrected chi connectivity index (χ4v) is 3.28. The van der Waals surface area contributed by atoms with Crippen LogP contribution >= 0.6 is 23.2 Å². The first-order valence-electron chi connectivity index (χ1n) is 7.92. The van der Waals surface area contributed by atoms with Crippen LogP contribution in [0.2, 0.25) is 10.0 Å². The second kappa shape index (κ2) is 7.71. The zero-order valence-electron chi connectivity index (χ0n) is 12.9. The molecule has 0 radical (unpaired) electrons. The van der Waals surface area contributed by atoms with Gasteiger partial charge in [0, 0.05) is 50.9 Å². The average molecular weight is 358 g/mol. The number of rotatable bonds is 3. The van der Waals surface area contributed by atoms with E-state index in [1.54, 1.807) is 0 Å². The van der Waals surface area contributed by atoms with Gasteiger partial charge in [0.2, 0.25) is 5.91 Å². The second-order valence-electron chi connectivity index (χ2n) is 5.90. The zero-order valence-corrected chi connectivity index (χ0v) is 14.4. The Morgan fingerprint density at radius 1 is 1.22 bits per heavy atom. The summed E-state index contributed by atoms with van der Waals surface area (Å²) in [5, 5.41) is 4.45. The molecule has 1 aromatic rings. The predicted molar refractivity (Wildman–Crippen MR) is 92.5 cm³/mol. The topological polar surface area (TPSA) is 44.8 Å². The molecule has 0 aromatic heterocycles. The molecule has 2 heterocycles. The molecule has 5 nitrogen and oxygen atoms in total. The fraction of sp³-hybridized carbons (Fsp3) is 0.562. The molecule has 0 bridgehead atoms. The lowest BCUT2D eigenvalue weighted by atomic mass is 10.1. The molecule has 0 aliphatic carbocycles. The molecule has 2 aliphatic heterocycles. The molecule has 2 aliphatic rings.